The van der Waals surface area contributed by atoms with Crippen molar-refractivity contribution in [3.63, 3.8) is 0 Å². The van der Waals surface area contributed by atoms with E-state index in [0.29, 0.717) is 12.6 Å². The van der Waals surface area contributed by atoms with Crippen LogP contribution in [-0.2, 0) is 17.8 Å². The molecule has 0 saturated heterocycles. The Labute approximate surface area is 122 Å². The summed E-state index contributed by atoms with van der Waals surface area (Å²) < 4.78 is 2.07. The first-order chi connectivity index (χ1) is 9.69. The van der Waals surface area contributed by atoms with E-state index in [0.717, 1.165) is 19.5 Å². The quantitative estimate of drug-likeness (QED) is 0.839. The smallest absolute Gasteiger partial charge is 0.242 e. The van der Waals surface area contributed by atoms with Crippen molar-refractivity contribution in [1.29, 1.82) is 0 Å². The zero-order valence-electron chi connectivity index (χ0n) is 13.0. The second kappa shape index (κ2) is 6.93. The van der Waals surface area contributed by atoms with Crippen molar-refractivity contribution in [3.05, 3.63) is 23.5 Å². The van der Waals surface area contributed by atoms with Crippen LogP contribution < -0.4 is 5.32 Å². The van der Waals surface area contributed by atoms with Crippen molar-refractivity contribution in [1.82, 2.24) is 14.8 Å². The molecule has 1 atom stereocenters. The van der Waals surface area contributed by atoms with Gasteiger partial charge in [0.25, 0.3) is 0 Å². The van der Waals surface area contributed by atoms with Crippen molar-refractivity contribution >= 4 is 5.91 Å². The average Bonchev–Trinajstić information content (AvgIpc) is 2.73. The largest absolute Gasteiger partial charge is 0.344 e. The summed E-state index contributed by atoms with van der Waals surface area (Å²) in [5, 5.41) is 3.40. The lowest BCUT2D eigenvalue weighted by molar-refractivity contribution is -0.131. The molecule has 1 aliphatic rings. The van der Waals surface area contributed by atoms with E-state index in [4.69, 9.17) is 0 Å². The molecule has 0 radical (unpaired) electrons. The molecule has 1 amide bonds. The van der Waals surface area contributed by atoms with Crippen LogP contribution in [0.4, 0.5) is 0 Å². The predicted molar refractivity (Wildman–Crippen MR) is 81.7 cm³/mol. The summed E-state index contributed by atoms with van der Waals surface area (Å²) in [7, 11) is 2.03. The number of nitrogens with one attached hydrogen (secondary N) is 1. The number of carbonyl (C=O) groups is 1. The van der Waals surface area contributed by atoms with E-state index in [9.17, 15) is 4.79 Å². The molecule has 1 heterocycles. The third kappa shape index (κ3) is 3.23. The van der Waals surface area contributed by atoms with Crippen LogP contribution in [0.2, 0.25) is 0 Å². The van der Waals surface area contributed by atoms with Crippen molar-refractivity contribution in [3.8, 4) is 0 Å². The van der Waals surface area contributed by atoms with Gasteiger partial charge < -0.3 is 14.8 Å². The molecule has 0 aromatic carbocycles. The van der Waals surface area contributed by atoms with Gasteiger partial charge in [0.1, 0.15) is 6.54 Å². The molecule has 1 aliphatic carbocycles. The molecular weight excluding hydrogens is 250 g/mol. The Hall–Kier alpha value is -1.29. The van der Waals surface area contributed by atoms with Gasteiger partial charge in [-0.3, -0.25) is 4.79 Å². The number of likely N-dealkylation sites (N-methyl/N-ethyl adjacent to an activating group) is 1. The van der Waals surface area contributed by atoms with E-state index in [1.54, 1.807) is 0 Å². The average molecular weight is 277 g/mol. The summed E-state index contributed by atoms with van der Waals surface area (Å²) in [6.45, 7) is 6.10. The summed E-state index contributed by atoms with van der Waals surface area (Å²) in [6.07, 6.45) is 9.20. The van der Waals surface area contributed by atoms with E-state index in [1.807, 2.05) is 25.8 Å². The number of carbonyl (C=O) groups excluding carboxylic acids is 1. The van der Waals surface area contributed by atoms with Crippen LogP contribution >= 0.6 is 0 Å². The van der Waals surface area contributed by atoms with Crippen LogP contribution in [0.25, 0.3) is 0 Å². The molecule has 20 heavy (non-hydrogen) atoms. The van der Waals surface area contributed by atoms with E-state index >= 15 is 0 Å². The predicted octanol–water partition coefficient (Wildman–Crippen LogP) is 2.34. The minimum Gasteiger partial charge on any atom is -0.344 e. The topological polar surface area (TPSA) is 37.3 Å². The maximum absolute atomic E-state index is 12.2. The minimum atomic E-state index is 0.209. The third-order valence-electron chi connectivity index (χ3n) is 4.34. The zero-order valence-corrected chi connectivity index (χ0v) is 13.0. The van der Waals surface area contributed by atoms with Crippen LogP contribution in [0, 0.1) is 0 Å². The highest BCUT2D eigenvalue weighted by Crippen LogP contribution is 2.29. The molecule has 0 saturated carbocycles. The lowest BCUT2D eigenvalue weighted by Gasteiger charge is -2.19. The van der Waals surface area contributed by atoms with Crippen LogP contribution in [0.15, 0.2) is 12.4 Å². The van der Waals surface area contributed by atoms with Gasteiger partial charge in [0.2, 0.25) is 5.91 Å². The lowest BCUT2D eigenvalue weighted by Crippen LogP contribution is -2.33. The Morgan fingerprint density at radius 1 is 1.35 bits per heavy atom. The Morgan fingerprint density at radius 3 is 2.75 bits per heavy atom. The number of amides is 1. The molecule has 1 N–H and O–H groups in total. The molecule has 4 heteroatoms. The van der Waals surface area contributed by atoms with Crippen LogP contribution in [0.5, 0.6) is 0 Å². The number of nitrogens with zero attached hydrogens (tertiary/aromatic N) is 2. The highest BCUT2D eigenvalue weighted by atomic mass is 16.2. The molecule has 0 spiro atoms. The molecule has 1 aromatic rings. The molecular formula is C16H27N3O. The number of aryl methyl sites for hydroxylation is 1. The van der Waals surface area contributed by atoms with E-state index < -0.39 is 0 Å². The SMILES string of the molecule is CCN(CC)C(=O)Cn1cc2c(c1)C(NC)CCCC2. The monoisotopic (exact) mass is 277 g/mol. The molecule has 0 bridgehead atoms. The van der Waals surface area contributed by atoms with Gasteiger partial charge in [-0.05, 0) is 51.3 Å². The Kier molecular flexibility index (Phi) is 5.24. The maximum atomic E-state index is 12.2. The van der Waals surface area contributed by atoms with Crippen molar-refractivity contribution in [2.24, 2.45) is 0 Å². The van der Waals surface area contributed by atoms with E-state index in [2.05, 4.69) is 22.3 Å². The summed E-state index contributed by atoms with van der Waals surface area (Å²) in [5.41, 5.74) is 2.80. The van der Waals surface area contributed by atoms with Crippen molar-refractivity contribution in [2.75, 3.05) is 20.1 Å². The number of rotatable bonds is 5. The van der Waals surface area contributed by atoms with Gasteiger partial charge in [-0.25, -0.2) is 0 Å². The first-order valence-electron chi connectivity index (χ1n) is 7.83. The summed E-state index contributed by atoms with van der Waals surface area (Å²) in [4.78, 5) is 14.1. The summed E-state index contributed by atoms with van der Waals surface area (Å²) in [6, 6.07) is 0.442. The highest BCUT2D eigenvalue weighted by Gasteiger charge is 2.20. The fourth-order valence-corrected chi connectivity index (χ4v) is 3.14. The lowest BCUT2D eigenvalue weighted by atomic mass is 10.1. The van der Waals surface area contributed by atoms with Crippen LogP contribution in [0.3, 0.4) is 0 Å². The zero-order chi connectivity index (χ0) is 14.5. The maximum Gasteiger partial charge on any atom is 0.242 e. The summed E-state index contributed by atoms with van der Waals surface area (Å²) >= 11 is 0. The molecule has 0 aliphatic heterocycles. The van der Waals surface area contributed by atoms with Gasteiger partial charge in [-0.2, -0.15) is 0 Å². The van der Waals surface area contributed by atoms with Crippen LogP contribution in [-0.4, -0.2) is 35.5 Å². The molecule has 0 fully saturated rings. The van der Waals surface area contributed by atoms with Crippen molar-refractivity contribution < 1.29 is 4.79 Å². The van der Waals surface area contributed by atoms with E-state index in [1.165, 1.54) is 30.4 Å². The number of hydrogen-bond donors (Lipinski definition) is 1. The highest BCUT2D eigenvalue weighted by molar-refractivity contribution is 5.76. The molecule has 2 rings (SSSR count). The van der Waals surface area contributed by atoms with Crippen LogP contribution in [0.1, 0.15) is 50.3 Å². The minimum absolute atomic E-state index is 0.209. The molecule has 112 valence electrons. The third-order valence-corrected chi connectivity index (χ3v) is 4.34. The fourth-order valence-electron chi connectivity index (χ4n) is 3.14. The first kappa shape index (κ1) is 15.1. The molecule has 1 aromatic heterocycles. The van der Waals surface area contributed by atoms with Gasteiger partial charge in [0.05, 0.1) is 0 Å². The van der Waals surface area contributed by atoms with Gasteiger partial charge in [0.15, 0.2) is 0 Å². The number of fused-ring (bicyclic) bond motifs is 1. The second-order valence-corrected chi connectivity index (χ2v) is 5.56. The first-order valence-corrected chi connectivity index (χ1v) is 7.83. The van der Waals surface area contributed by atoms with Gasteiger partial charge in [-0.1, -0.05) is 6.42 Å². The second-order valence-electron chi connectivity index (χ2n) is 5.56. The Morgan fingerprint density at radius 2 is 2.10 bits per heavy atom. The van der Waals surface area contributed by atoms with E-state index in [-0.39, 0.29) is 5.91 Å². The summed E-state index contributed by atoms with van der Waals surface area (Å²) in [5.74, 6) is 0.209. The number of aromatic nitrogens is 1. The van der Waals surface area contributed by atoms with Gasteiger partial charge in [-0.15, -0.1) is 0 Å². The Bertz CT molecular complexity index is 449. The van der Waals surface area contributed by atoms with Crippen molar-refractivity contribution in [2.45, 2.75) is 52.1 Å². The number of hydrogen-bond acceptors (Lipinski definition) is 2. The molecule has 4 nitrogen and oxygen atoms in total. The normalized spacial score (nSPS) is 18.4. The van der Waals surface area contributed by atoms with Gasteiger partial charge in [0, 0.05) is 31.5 Å². The Balaban J connectivity index is 2.13. The fraction of sp³-hybridized carbons (Fsp3) is 0.688. The standard InChI is InChI=1S/C16H27N3O/c1-4-19(5-2)16(20)12-18-10-13-8-6-7-9-15(17-3)14(13)11-18/h10-11,15,17H,4-9,12H2,1-3H3. The molecule has 1 unspecified atom stereocenters. The van der Waals surface area contributed by atoms with Gasteiger partial charge >= 0.3 is 0 Å².